The first-order valence-electron chi connectivity index (χ1n) is 9.72. The second-order valence-corrected chi connectivity index (χ2v) is 7.41. The number of alkyl halides is 2. The summed E-state index contributed by atoms with van der Waals surface area (Å²) < 4.78 is 43.1. The third kappa shape index (κ3) is 5.50. The fraction of sp³-hybridized carbons (Fsp3) is 0.737. The van der Waals surface area contributed by atoms with E-state index in [1.165, 1.54) is 13.3 Å². The lowest BCUT2D eigenvalue weighted by Crippen LogP contribution is -2.37. The highest BCUT2D eigenvalue weighted by Crippen LogP contribution is 2.48. The van der Waals surface area contributed by atoms with Crippen molar-refractivity contribution in [2.75, 3.05) is 26.4 Å². The Morgan fingerprint density at radius 3 is 2.46 bits per heavy atom. The van der Waals surface area contributed by atoms with Gasteiger partial charge in [0.2, 0.25) is 17.7 Å². The van der Waals surface area contributed by atoms with Crippen molar-refractivity contribution in [2.24, 2.45) is 11.8 Å². The number of hydrogen-bond donors (Lipinski definition) is 1. The minimum atomic E-state index is -2.61. The van der Waals surface area contributed by atoms with Gasteiger partial charge in [0.15, 0.2) is 0 Å². The van der Waals surface area contributed by atoms with Gasteiger partial charge in [0, 0.05) is 19.9 Å². The minimum absolute atomic E-state index is 0.0451. The maximum atomic E-state index is 13.0. The Morgan fingerprint density at radius 2 is 1.89 bits per heavy atom. The van der Waals surface area contributed by atoms with Crippen LogP contribution in [0.15, 0.2) is 6.33 Å². The highest BCUT2D eigenvalue weighted by Gasteiger charge is 2.57. The fourth-order valence-electron chi connectivity index (χ4n) is 3.16. The topological polar surface area (TPSA) is 82.6 Å². The van der Waals surface area contributed by atoms with Crippen molar-refractivity contribution in [2.45, 2.75) is 51.6 Å². The molecule has 156 valence electrons. The van der Waals surface area contributed by atoms with Gasteiger partial charge in [-0.15, -0.1) is 0 Å². The first-order valence-corrected chi connectivity index (χ1v) is 9.72. The quantitative estimate of drug-likeness (QED) is 0.576. The van der Waals surface area contributed by atoms with Crippen LogP contribution in [-0.4, -0.2) is 54.3 Å². The van der Waals surface area contributed by atoms with Crippen LogP contribution in [0.3, 0.4) is 0 Å². The van der Waals surface area contributed by atoms with E-state index in [1.54, 1.807) is 0 Å². The van der Waals surface area contributed by atoms with Crippen LogP contribution in [0.5, 0.6) is 11.8 Å². The summed E-state index contributed by atoms with van der Waals surface area (Å²) in [7, 11) is 0. The second kappa shape index (κ2) is 8.98. The molecule has 28 heavy (non-hydrogen) atoms. The fourth-order valence-corrected chi connectivity index (χ4v) is 3.16. The lowest BCUT2D eigenvalue weighted by Gasteiger charge is -2.34. The molecule has 7 nitrogen and oxygen atoms in total. The number of carbonyl (C=O) groups excluding carboxylic acids is 1. The zero-order valence-electron chi connectivity index (χ0n) is 16.2. The van der Waals surface area contributed by atoms with E-state index in [9.17, 15) is 13.6 Å². The van der Waals surface area contributed by atoms with Gasteiger partial charge in [-0.25, -0.2) is 18.7 Å². The molecule has 2 aliphatic carbocycles. The largest absolute Gasteiger partial charge is 0.477 e. The summed E-state index contributed by atoms with van der Waals surface area (Å²) in [5.74, 6) is -2.25. The monoisotopic (exact) mass is 399 g/mol. The normalized spacial score (nSPS) is 24.9. The summed E-state index contributed by atoms with van der Waals surface area (Å²) >= 11 is 0. The molecule has 1 aromatic heterocycles. The number of nitrogens with one attached hydrogen (secondary N) is 1. The zero-order chi connectivity index (χ0) is 20.1. The van der Waals surface area contributed by atoms with Gasteiger partial charge >= 0.3 is 0 Å². The molecule has 9 heteroatoms. The summed E-state index contributed by atoms with van der Waals surface area (Å²) in [4.78, 5) is 19.0. The Kier molecular flexibility index (Phi) is 6.64. The Bertz CT molecular complexity index is 683. The van der Waals surface area contributed by atoms with Crippen LogP contribution in [0, 0.1) is 11.8 Å². The number of carbonyl (C=O) groups is 1. The van der Waals surface area contributed by atoms with E-state index in [0.29, 0.717) is 49.4 Å². The molecular weight excluding hydrogens is 372 g/mol. The standard InChI is InChI=1S/C19H27F2N3O4/c1-3-16-17(23-11-24-18(16)28-10-14-8-19(14,20)21)27-9-13-6-15(7-13)26-5-4-22-12(2)25/h11,13-15H,3-10H2,1-2H3,(H,22,25). The van der Waals surface area contributed by atoms with Crippen LogP contribution in [-0.2, 0) is 16.0 Å². The van der Waals surface area contributed by atoms with E-state index in [0.717, 1.165) is 12.8 Å². The lowest BCUT2D eigenvalue weighted by molar-refractivity contribution is -0.119. The molecule has 3 rings (SSSR count). The number of ether oxygens (including phenoxy) is 3. The third-order valence-electron chi connectivity index (χ3n) is 5.07. The molecule has 2 saturated carbocycles. The Morgan fingerprint density at radius 1 is 1.25 bits per heavy atom. The third-order valence-corrected chi connectivity index (χ3v) is 5.07. The number of amides is 1. The average molecular weight is 399 g/mol. The summed E-state index contributed by atoms with van der Waals surface area (Å²) in [6.07, 6.45) is 3.78. The number of rotatable bonds is 11. The van der Waals surface area contributed by atoms with Crippen molar-refractivity contribution < 1.29 is 27.8 Å². The van der Waals surface area contributed by atoms with Crippen LogP contribution in [0.25, 0.3) is 0 Å². The number of aromatic nitrogens is 2. The molecule has 0 spiro atoms. The van der Waals surface area contributed by atoms with Crippen molar-refractivity contribution in [1.29, 1.82) is 0 Å². The first kappa shape index (κ1) is 20.7. The average Bonchev–Trinajstić information content (AvgIpc) is 3.23. The molecule has 0 saturated heterocycles. The zero-order valence-corrected chi connectivity index (χ0v) is 16.2. The molecule has 0 aliphatic heterocycles. The van der Waals surface area contributed by atoms with Gasteiger partial charge in [-0.3, -0.25) is 4.79 Å². The maximum absolute atomic E-state index is 13.0. The maximum Gasteiger partial charge on any atom is 0.255 e. The van der Waals surface area contributed by atoms with E-state index in [1.807, 2.05) is 6.92 Å². The van der Waals surface area contributed by atoms with Crippen LogP contribution >= 0.6 is 0 Å². The summed E-state index contributed by atoms with van der Waals surface area (Å²) in [6.45, 7) is 4.89. The molecule has 2 aliphatic rings. The van der Waals surface area contributed by atoms with Crippen LogP contribution < -0.4 is 14.8 Å². The molecule has 2 fully saturated rings. The van der Waals surface area contributed by atoms with E-state index >= 15 is 0 Å². The SMILES string of the molecule is CCc1c(OCC2CC(OCCNC(C)=O)C2)ncnc1OCC1CC1(F)F. The van der Waals surface area contributed by atoms with Gasteiger partial charge in [-0.05, 0) is 25.2 Å². The van der Waals surface area contributed by atoms with E-state index in [2.05, 4.69) is 15.3 Å². The molecule has 1 aromatic rings. The van der Waals surface area contributed by atoms with Crippen LogP contribution in [0.1, 0.15) is 38.7 Å². The molecule has 0 aromatic carbocycles. The van der Waals surface area contributed by atoms with Gasteiger partial charge in [0.1, 0.15) is 6.33 Å². The summed E-state index contributed by atoms with van der Waals surface area (Å²) in [5.41, 5.74) is 0.703. The van der Waals surface area contributed by atoms with Crippen molar-refractivity contribution in [3.05, 3.63) is 11.9 Å². The van der Waals surface area contributed by atoms with E-state index < -0.39 is 11.8 Å². The lowest BCUT2D eigenvalue weighted by atomic mass is 9.83. The highest BCUT2D eigenvalue weighted by molar-refractivity contribution is 5.72. The molecule has 1 unspecified atom stereocenters. The van der Waals surface area contributed by atoms with Crippen molar-refractivity contribution in [3.8, 4) is 11.8 Å². The van der Waals surface area contributed by atoms with Gasteiger partial charge in [-0.1, -0.05) is 6.92 Å². The molecule has 1 atom stereocenters. The predicted molar refractivity (Wildman–Crippen MR) is 96.6 cm³/mol. The highest BCUT2D eigenvalue weighted by atomic mass is 19.3. The Balaban J connectivity index is 1.40. The molecule has 1 heterocycles. The Labute approximate surface area is 163 Å². The van der Waals surface area contributed by atoms with Crippen molar-refractivity contribution in [3.63, 3.8) is 0 Å². The van der Waals surface area contributed by atoms with Gasteiger partial charge < -0.3 is 19.5 Å². The van der Waals surface area contributed by atoms with E-state index in [-0.39, 0.29) is 25.0 Å². The van der Waals surface area contributed by atoms with Crippen molar-refractivity contribution in [1.82, 2.24) is 15.3 Å². The number of hydrogen-bond acceptors (Lipinski definition) is 6. The first-order chi connectivity index (χ1) is 13.4. The van der Waals surface area contributed by atoms with Gasteiger partial charge in [0.05, 0.1) is 37.4 Å². The van der Waals surface area contributed by atoms with Gasteiger partial charge in [-0.2, -0.15) is 0 Å². The predicted octanol–water partition coefficient (Wildman–Crippen LogP) is 2.38. The number of nitrogens with zero attached hydrogens (tertiary/aromatic N) is 2. The molecule has 0 radical (unpaired) electrons. The summed E-state index contributed by atoms with van der Waals surface area (Å²) in [5, 5.41) is 2.69. The second-order valence-electron chi connectivity index (χ2n) is 7.41. The van der Waals surface area contributed by atoms with Crippen LogP contribution in [0.2, 0.25) is 0 Å². The molecule has 1 N–H and O–H groups in total. The number of halogens is 2. The molecule has 1 amide bonds. The minimum Gasteiger partial charge on any atom is -0.477 e. The Hall–Kier alpha value is -2.03. The molecular formula is C19H27F2N3O4. The van der Waals surface area contributed by atoms with Crippen molar-refractivity contribution >= 4 is 5.91 Å². The van der Waals surface area contributed by atoms with E-state index in [4.69, 9.17) is 14.2 Å². The van der Waals surface area contributed by atoms with Gasteiger partial charge in [0.25, 0.3) is 5.92 Å². The van der Waals surface area contributed by atoms with Crippen LogP contribution in [0.4, 0.5) is 8.78 Å². The smallest absolute Gasteiger partial charge is 0.255 e. The molecule has 0 bridgehead atoms. The summed E-state index contributed by atoms with van der Waals surface area (Å²) in [6, 6.07) is 0.